The van der Waals surface area contributed by atoms with Gasteiger partial charge in [-0.15, -0.1) is 0 Å². The molecule has 0 unspecified atom stereocenters. The molecule has 0 N–H and O–H groups in total. The van der Waals surface area contributed by atoms with Gasteiger partial charge in [-0.3, -0.25) is 4.79 Å². The van der Waals surface area contributed by atoms with Crippen LogP contribution in [0.25, 0.3) is 0 Å². The fraction of sp³-hybridized carbons (Fsp3) is 0.917. The first-order valence-electron chi connectivity index (χ1n) is 6.15. The number of unbranched alkanes of at least 4 members (excludes halogenated alkanes) is 2. The molecule has 1 spiro atoms. The van der Waals surface area contributed by atoms with Crippen LogP contribution in [-0.2, 0) is 14.3 Å². The Hall–Kier alpha value is -0.570. The fourth-order valence-corrected chi connectivity index (χ4v) is 2.37. The second kappa shape index (κ2) is 4.12. The van der Waals surface area contributed by atoms with Gasteiger partial charge in [-0.1, -0.05) is 39.5 Å². The Balaban J connectivity index is 1.81. The number of carbonyl (C=O) groups excluding carboxylic acids is 1. The maximum Gasteiger partial charge on any atom is 0.318 e. The molecule has 2 heterocycles. The summed E-state index contributed by atoms with van der Waals surface area (Å²) >= 11 is 0. The van der Waals surface area contributed by atoms with E-state index in [2.05, 4.69) is 13.8 Å². The van der Waals surface area contributed by atoms with Gasteiger partial charge in [0.15, 0.2) is 0 Å². The van der Waals surface area contributed by atoms with Crippen LogP contribution in [0.2, 0.25) is 0 Å². The van der Waals surface area contributed by atoms with E-state index < -0.39 is 5.79 Å². The second-order valence-electron chi connectivity index (χ2n) is 4.59. The third kappa shape index (κ3) is 1.78. The van der Waals surface area contributed by atoms with Crippen molar-refractivity contribution in [3.63, 3.8) is 0 Å². The molecule has 3 atom stereocenters. The summed E-state index contributed by atoms with van der Waals surface area (Å²) in [5, 5.41) is 0. The molecule has 0 bridgehead atoms. The van der Waals surface area contributed by atoms with Crippen molar-refractivity contribution in [1.82, 2.24) is 0 Å². The minimum absolute atomic E-state index is 0.0271. The van der Waals surface area contributed by atoms with Crippen molar-refractivity contribution in [3.8, 4) is 0 Å². The molecule has 2 fully saturated rings. The lowest BCUT2D eigenvalue weighted by molar-refractivity contribution is -0.211. The van der Waals surface area contributed by atoms with Crippen molar-refractivity contribution in [3.05, 3.63) is 0 Å². The standard InChI is InChI=1S/C12H20O3/c1-3-5-7-9-11(13)15-12(9)10(14-12)8-6-4-2/h9-10H,3-8H2,1-2H3/t9-,10-,12+/m1/s1. The predicted molar refractivity (Wildman–Crippen MR) is 56.2 cm³/mol. The van der Waals surface area contributed by atoms with Crippen molar-refractivity contribution >= 4 is 5.97 Å². The summed E-state index contributed by atoms with van der Waals surface area (Å²) in [4.78, 5) is 11.3. The predicted octanol–water partition coefficient (Wildman–Crippen LogP) is 2.63. The van der Waals surface area contributed by atoms with Crippen LogP contribution >= 0.6 is 0 Å². The summed E-state index contributed by atoms with van der Waals surface area (Å²) in [5.41, 5.74) is 0. The Morgan fingerprint density at radius 3 is 2.47 bits per heavy atom. The quantitative estimate of drug-likeness (QED) is 0.502. The highest BCUT2D eigenvalue weighted by atomic mass is 16.8. The monoisotopic (exact) mass is 212 g/mol. The van der Waals surface area contributed by atoms with Crippen molar-refractivity contribution in [2.24, 2.45) is 5.92 Å². The zero-order valence-electron chi connectivity index (χ0n) is 9.62. The average molecular weight is 212 g/mol. The first-order valence-corrected chi connectivity index (χ1v) is 6.15. The van der Waals surface area contributed by atoms with E-state index in [1.54, 1.807) is 0 Å². The molecular weight excluding hydrogens is 192 g/mol. The molecule has 3 heteroatoms. The van der Waals surface area contributed by atoms with Gasteiger partial charge in [0, 0.05) is 0 Å². The van der Waals surface area contributed by atoms with Gasteiger partial charge < -0.3 is 9.47 Å². The summed E-state index contributed by atoms with van der Waals surface area (Å²) in [7, 11) is 0. The van der Waals surface area contributed by atoms with Gasteiger partial charge in [0.25, 0.3) is 5.79 Å². The Kier molecular flexibility index (Phi) is 3.01. The highest BCUT2D eigenvalue weighted by Gasteiger charge is 2.73. The number of hydrogen-bond acceptors (Lipinski definition) is 3. The van der Waals surface area contributed by atoms with E-state index in [4.69, 9.17) is 9.47 Å². The lowest BCUT2D eigenvalue weighted by Gasteiger charge is -2.33. The van der Waals surface area contributed by atoms with Gasteiger partial charge in [-0.05, 0) is 12.8 Å². The van der Waals surface area contributed by atoms with E-state index in [1.165, 1.54) is 6.42 Å². The third-order valence-electron chi connectivity index (χ3n) is 3.41. The van der Waals surface area contributed by atoms with Crippen molar-refractivity contribution in [2.45, 2.75) is 64.3 Å². The first kappa shape index (κ1) is 10.9. The second-order valence-corrected chi connectivity index (χ2v) is 4.59. The van der Waals surface area contributed by atoms with Crippen LogP contribution in [0.5, 0.6) is 0 Å². The topological polar surface area (TPSA) is 38.8 Å². The minimum Gasteiger partial charge on any atom is -0.429 e. The molecule has 0 aromatic rings. The van der Waals surface area contributed by atoms with Gasteiger partial charge in [0.05, 0.1) is 0 Å². The number of epoxide rings is 1. The molecule has 0 aromatic carbocycles. The molecule has 3 nitrogen and oxygen atoms in total. The Labute approximate surface area is 91.1 Å². The zero-order chi connectivity index (χ0) is 10.9. The Morgan fingerprint density at radius 1 is 1.20 bits per heavy atom. The SMILES string of the molecule is CCCC[C@@H]1C(=O)O[C@@]12O[C@@H]2CCCC. The zero-order valence-corrected chi connectivity index (χ0v) is 9.62. The van der Waals surface area contributed by atoms with E-state index in [1.807, 2.05) is 0 Å². The number of carbonyl (C=O) groups is 1. The van der Waals surface area contributed by atoms with E-state index in [9.17, 15) is 4.79 Å². The van der Waals surface area contributed by atoms with Gasteiger partial charge in [0.1, 0.15) is 12.0 Å². The molecule has 0 radical (unpaired) electrons. The van der Waals surface area contributed by atoms with E-state index in [0.29, 0.717) is 0 Å². The molecule has 0 amide bonds. The molecule has 2 aliphatic heterocycles. The highest BCUT2D eigenvalue weighted by molar-refractivity contribution is 5.81. The van der Waals surface area contributed by atoms with Crippen LogP contribution in [0.1, 0.15) is 52.4 Å². The maximum absolute atomic E-state index is 11.3. The summed E-state index contributed by atoms with van der Waals surface area (Å²) in [6.45, 7) is 4.30. The molecular formula is C12H20O3. The average Bonchev–Trinajstić information content (AvgIpc) is 2.92. The molecule has 15 heavy (non-hydrogen) atoms. The molecule has 0 aromatic heterocycles. The summed E-state index contributed by atoms with van der Waals surface area (Å²) in [5.74, 6) is -0.497. The van der Waals surface area contributed by atoms with Gasteiger partial charge in [-0.25, -0.2) is 0 Å². The normalized spacial score (nSPS) is 37.6. The minimum atomic E-state index is -0.471. The van der Waals surface area contributed by atoms with Gasteiger partial charge in [-0.2, -0.15) is 0 Å². The fourth-order valence-electron chi connectivity index (χ4n) is 2.37. The van der Waals surface area contributed by atoms with Crippen LogP contribution in [0.4, 0.5) is 0 Å². The van der Waals surface area contributed by atoms with Crippen LogP contribution in [0.15, 0.2) is 0 Å². The molecule has 2 aliphatic rings. The maximum atomic E-state index is 11.3. The third-order valence-corrected chi connectivity index (χ3v) is 3.41. The molecule has 0 saturated carbocycles. The number of esters is 1. The Morgan fingerprint density at radius 2 is 1.87 bits per heavy atom. The summed E-state index contributed by atoms with van der Waals surface area (Å²) < 4.78 is 10.8. The molecule has 0 aliphatic carbocycles. The lowest BCUT2D eigenvalue weighted by atomic mass is 9.87. The van der Waals surface area contributed by atoms with Gasteiger partial charge in [0.2, 0.25) is 0 Å². The first-order chi connectivity index (χ1) is 7.24. The van der Waals surface area contributed by atoms with E-state index in [-0.39, 0.29) is 18.0 Å². The van der Waals surface area contributed by atoms with Gasteiger partial charge >= 0.3 is 5.97 Å². The van der Waals surface area contributed by atoms with E-state index in [0.717, 1.165) is 32.1 Å². The highest BCUT2D eigenvalue weighted by Crippen LogP contribution is 2.55. The molecule has 2 saturated heterocycles. The Bertz CT molecular complexity index is 251. The van der Waals surface area contributed by atoms with E-state index >= 15 is 0 Å². The summed E-state index contributed by atoms with van der Waals surface area (Å²) in [6, 6.07) is 0. The smallest absolute Gasteiger partial charge is 0.318 e. The van der Waals surface area contributed by atoms with Crippen LogP contribution in [0.3, 0.4) is 0 Å². The number of rotatable bonds is 6. The van der Waals surface area contributed by atoms with Crippen LogP contribution in [-0.4, -0.2) is 17.9 Å². The summed E-state index contributed by atoms with van der Waals surface area (Å²) in [6.07, 6.45) is 6.69. The van der Waals surface area contributed by atoms with Crippen LogP contribution < -0.4 is 0 Å². The largest absolute Gasteiger partial charge is 0.429 e. The van der Waals surface area contributed by atoms with Crippen LogP contribution in [0, 0.1) is 5.92 Å². The molecule has 2 rings (SSSR count). The number of hydrogen-bond donors (Lipinski definition) is 0. The van der Waals surface area contributed by atoms with Crippen molar-refractivity contribution in [2.75, 3.05) is 0 Å². The molecule has 86 valence electrons. The lowest BCUT2D eigenvalue weighted by Crippen LogP contribution is -2.50. The van der Waals surface area contributed by atoms with Crippen molar-refractivity contribution < 1.29 is 14.3 Å². The van der Waals surface area contributed by atoms with Crippen molar-refractivity contribution in [1.29, 1.82) is 0 Å². The number of ether oxygens (including phenoxy) is 2.